The molecular formula is C6H6N10. The number of hydrogen-bond donors (Lipinski definition) is 4. The Morgan fingerprint density at radius 2 is 0.875 bits per heavy atom. The summed E-state index contributed by atoms with van der Waals surface area (Å²) in [5, 5.41) is 10.9. The van der Waals surface area contributed by atoms with Crippen LogP contribution in [-0.2, 0) is 0 Å². The van der Waals surface area contributed by atoms with Gasteiger partial charge in [-0.25, -0.2) is 0 Å². The van der Waals surface area contributed by atoms with Crippen molar-refractivity contribution in [1.29, 1.82) is 0 Å². The Balaban J connectivity index is 2.46. The Morgan fingerprint density at radius 1 is 0.562 bits per heavy atom. The highest BCUT2D eigenvalue weighted by Gasteiger charge is 1.90. The lowest BCUT2D eigenvalue weighted by Gasteiger charge is -1.92. The highest BCUT2D eigenvalue weighted by atomic mass is 15.3. The van der Waals surface area contributed by atoms with E-state index >= 15 is 0 Å². The van der Waals surface area contributed by atoms with Crippen LogP contribution in [0.4, 0.5) is 0 Å². The first-order chi connectivity index (χ1) is 7.90. The molecule has 10 heteroatoms. The smallest absolute Gasteiger partial charge is 0.246 e. The van der Waals surface area contributed by atoms with Crippen LogP contribution in [0.2, 0.25) is 0 Å². The Bertz CT molecular complexity index is 570. The number of aromatic amines is 4. The molecule has 4 N–H and O–H groups in total. The molecule has 3 rings (SSSR count). The van der Waals surface area contributed by atoms with Gasteiger partial charge in [-0.2, -0.15) is 29.9 Å². The Hall–Kier alpha value is -2.78. The molecule has 4 bridgehead atoms. The summed E-state index contributed by atoms with van der Waals surface area (Å²) in [6.45, 7) is 0. The van der Waals surface area contributed by atoms with Gasteiger partial charge in [0.25, 0.3) is 0 Å². The van der Waals surface area contributed by atoms with E-state index < -0.39 is 0 Å². The molecule has 0 amide bonds. The van der Waals surface area contributed by atoms with Crippen LogP contribution in [0.5, 0.6) is 0 Å². The second kappa shape index (κ2) is 3.42. The average molecular weight is 218 g/mol. The molecular weight excluding hydrogens is 212 g/mol. The summed E-state index contributed by atoms with van der Waals surface area (Å²) in [6.07, 6.45) is 2.73. The van der Waals surface area contributed by atoms with Gasteiger partial charge in [0.05, 0.1) is 0 Å². The van der Waals surface area contributed by atoms with Gasteiger partial charge >= 0.3 is 0 Å². The lowest BCUT2D eigenvalue weighted by Crippen LogP contribution is -1.97. The van der Waals surface area contributed by atoms with Gasteiger partial charge in [0.1, 0.15) is 12.7 Å². The van der Waals surface area contributed by atoms with Crippen molar-refractivity contribution in [2.24, 2.45) is 0 Å². The fourth-order valence-electron chi connectivity index (χ4n) is 1.06. The van der Waals surface area contributed by atoms with Crippen LogP contribution in [0.25, 0.3) is 23.1 Å². The van der Waals surface area contributed by atoms with E-state index in [1.165, 1.54) is 12.7 Å². The van der Waals surface area contributed by atoms with Crippen molar-refractivity contribution >= 4 is 23.1 Å². The summed E-state index contributed by atoms with van der Waals surface area (Å²) in [4.78, 5) is 23.6. The molecule has 3 heterocycles. The fraction of sp³-hybridized carbons (Fsp3) is 0. The third-order valence-electron chi connectivity index (χ3n) is 1.72. The lowest BCUT2D eigenvalue weighted by molar-refractivity contribution is 0.928. The number of hydrogen-bond acceptors (Lipinski definition) is 6. The van der Waals surface area contributed by atoms with E-state index in [4.69, 9.17) is 0 Å². The number of rotatable bonds is 0. The second-order valence-electron chi connectivity index (χ2n) is 2.77. The third-order valence-corrected chi connectivity index (χ3v) is 1.72. The first-order valence-corrected chi connectivity index (χ1v) is 4.32. The minimum absolute atomic E-state index is 0.350. The van der Waals surface area contributed by atoms with Crippen LogP contribution >= 0.6 is 0 Å². The molecule has 0 saturated heterocycles. The van der Waals surface area contributed by atoms with Crippen molar-refractivity contribution in [3.05, 3.63) is 12.7 Å². The van der Waals surface area contributed by atoms with Crippen LogP contribution in [0.1, 0.15) is 0 Å². The zero-order chi connectivity index (χ0) is 10.8. The molecule has 16 heavy (non-hydrogen) atoms. The normalized spacial score (nSPS) is 10.5. The summed E-state index contributed by atoms with van der Waals surface area (Å²) in [5.41, 5.74) is 0. The molecule has 0 saturated carbocycles. The summed E-state index contributed by atoms with van der Waals surface area (Å²) in [5.74, 6) is 1.40. The van der Waals surface area contributed by atoms with Gasteiger partial charge < -0.3 is 0 Å². The summed E-state index contributed by atoms with van der Waals surface area (Å²) in [7, 11) is 0. The van der Waals surface area contributed by atoms with Crippen LogP contribution in [0, 0.1) is 0 Å². The summed E-state index contributed by atoms with van der Waals surface area (Å²) < 4.78 is 0. The van der Waals surface area contributed by atoms with Crippen molar-refractivity contribution < 1.29 is 0 Å². The number of fused-ring (bicyclic) bond motifs is 4. The average Bonchev–Trinajstić information content (AvgIpc) is 2.34. The SMILES string of the molecule is c1nc2nc(n1)[nH][nH]c1ncnc(n1)[nH][nH]2. The van der Waals surface area contributed by atoms with Crippen LogP contribution < -0.4 is 0 Å². The first-order valence-electron chi connectivity index (χ1n) is 4.32. The first kappa shape index (κ1) is 8.52. The van der Waals surface area contributed by atoms with Crippen LogP contribution in [-0.4, -0.2) is 50.3 Å². The maximum absolute atomic E-state index is 4.03. The number of nitrogens with zero attached hydrogens (tertiary/aromatic N) is 6. The number of H-pyrrole nitrogens is 4. The van der Waals surface area contributed by atoms with Crippen LogP contribution in [0.15, 0.2) is 12.7 Å². The van der Waals surface area contributed by atoms with E-state index in [0.29, 0.717) is 23.1 Å². The van der Waals surface area contributed by atoms with Gasteiger partial charge in [0.15, 0.2) is 0 Å². The van der Waals surface area contributed by atoms with E-state index in [-0.39, 0.29) is 0 Å². The monoisotopic (exact) mass is 218 g/mol. The predicted molar refractivity (Wildman–Crippen MR) is 52.1 cm³/mol. The molecule has 0 fully saturated rings. The minimum atomic E-state index is 0.350. The topological polar surface area (TPSA) is 140 Å². The van der Waals surface area contributed by atoms with Crippen molar-refractivity contribution in [2.75, 3.05) is 0 Å². The van der Waals surface area contributed by atoms with E-state index in [0.717, 1.165) is 0 Å². The Kier molecular flexibility index (Phi) is 1.82. The molecule has 0 aliphatic carbocycles. The number of nitrogens with one attached hydrogen (secondary N) is 4. The maximum Gasteiger partial charge on any atom is 0.246 e. The predicted octanol–water partition coefficient (Wildman–Crippen LogP) is -0.638. The van der Waals surface area contributed by atoms with Gasteiger partial charge in [-0.05, 0) is 0 Å². The standard InChI is InChI=1S/C6H6N10/c1-7-3-11-4(8-1)14-16-6-10-2-9-5(12-6)15-13-3/h1-2H,(H2,7,8,11,13,14)(H2,9,10,12,15,16). The third kappa shape index (κ3) is 1.58. The molecule has 3 aromatic heterocycles. The van der Waals surface area contributed by atoms with E-state index in [1.54, 1.807) is 0 Å². The minimum Gasteiger partial charge on any atom is -0.265 e. The quantitative estimate of drug-likeness (QED) is 0.395. The van der Waals surface area contributed by atoms with Gasteiger partial charge in [-0.3, -0.25) is 20.4 Å². The Labute approximate surface area is 86.9 Å². The molecule has 0 aromatic carbocycles. The van der Waals surface area contributed by atoms with E-state index in [1.807, 2.05) is 0 Å². The Morgan fingerprint density at radius 3 is 1.19 bits per heavy atom. The largest absolute Gasteiger partial charge is 0.265 e. The summed E-state index contributed by atoms with van der Waals surface area (Å²) in [6, 6.07) is 0. The van der Waals surface area contributed by atoms with Crippen molar-refractivity contribution in [2.45, 2.75) is 0 Å². The molecule has 0 atom stereocenters. The van der Waals surface area contributed by atoms with Crippen molar-refractivity contribution in [1.82, 2.24) is 50.3 Å². The molecule has 0 aliphatic heterocycles. The van der Waals surface area contributed by atoms with Gasteiger partial charge in [0, 0.05) is 0 Å². The van der Waals surface area contributed by atoms with Gasteiger partial charge in [0.2, 0.25) is 23.1 Å². The molecule has 10 nitrogen and oxygen atoms in total. The fourth-order valence-corrected chi connectivity index (χ4v) is 1.06. The highest BCUT2D eigenvalue weighted by molar-refractivity contribution is 5.34. The molecule has 3 aromatic rings. The second-order valence-corrected chi connectivity index (χ2v) is 2.77. The van der Waals surface area contributed by atoms with Crippen molar-refractivity contribution in [3.8, 4) is 0 Å². The van der Waals surface area contributed by atoms with Gasteiger partial charge in [-0.15, -0.1) is 0 Å². The molecule has 0 aliphatic rings. The zero-order valence-corrected chi connectivity index (χ0v) is 7.84. The van der Waals surface area contributed by atoms with Crippen molar-refractivity contribution in [3.63, 3.8) is 0 Å². The molecule has 0 unspecified atom stereocenters. The lowest BCUT2D eigenvalue weighted by atomic mass is 10.9. The van der Waals surface area contributed by atoms with Crippen LogP contribution in [0.3, 0.4) is 0 Å². The maximum atomic E-state index is 4.03. The molecule has 0 spiro atoms. The van der Waals surface area contributed by atoms with E-state index in [2.05, 4.69) is 50.3 Å². The zero-order valence-electron chi connectivity index (χ0n) is 7.84. The summed E-state index contributed by atoms with van der Waals surface area (Å²) >= 11 is 0. The van der Waals surface area contributed by atoms with Gasteiger partial charge in [-0.1, -0.05) is 0 Å². The highest BCUT2D eigenvalue weighted by Crippen LogP contribution is 1.88. The molecule has 80 valence electrons. The molecule has 0 radical (unpaired) electrons. The number of aromatic nitrogens is 10. The van der Waals surface area contributed by atoms with E-state index in [9.17, 15) is 0 Å².